The summed E-state index contributed by atoms with van der Waals surface area (Å²) in [4.78, 5) is 31.4. The number of hydrogen-bond acceptors (Lipinski definition) is 6. The highest BCUT2D eigenvalue weighted by molar-refractivity contribution is 7.20. The van der Waals surface area contributed by atoms with Crippen molar-refractivity contribution in [3.05, 3.63) is 45.6 Å². The smallest absolute Gasteiger partial charge is 0.264 e. The van der Waals surface area contributed by atoms with Crippen LogP contribution in [-0.2, 0) is 0 Å². The van der Waals surface area contributed by atoms with Crippen LogP contribution in [0.15, 0.2) is 24.3 Å². The molecule has 2 aromatic heterocycles. The van der Waals surface area contributed by atoms with Crippen LogP contribution in [0.25, 0.3) is 10.2 Å². The van der Waals surface area contributed by atoms with Gasteiger partial charge in [-0.25, -0.2) is 9.97 Å². The fraction of sp³-hybridized carbons (Fsp3) is 0.480. The van der Waals surface area contributed by atoms with E-state index in [1.807, 2.05) is 30.0 Å². The third kappa shape index (κ3) is 4.41. The first-order chi connectivity index (χ1) is 15.9. The van der Waals surface area contributed by atoms with Crippen molar-refractivity contribution in [2.24, 2.45) is 5.92 Å². The van der Waals surface area contributed by atoms with Crippen molar-refractivity contribution >= 4 is 50.6 Å². The normalized spacial score (nSPS) is 17.8. The number of benzene rings is 1. The first-order valence-electron chi connectivity index (χ1n) is 11.7. The lowest BCUT2D eigenvalue weighted by Crippen LogP contribution is -2.48. The van der Waals surface area contributed by atoms with E-state index in [0.717, 1.165) is 75.1 Å². The van der Waals surface area contributed by atoms with Crippen LogP contribution < -0.4 is 9.80 Å². The lowest BCUT2D eigenvalue weighted by molar-refractivity contribution is 0.0751. The maximum Gasteiger partial charge on any atom is 0.264 e. The van der Waals surface area contributed by atoms with Gasteiger partial charge in [-0.1, -0.05) is 24.6 Å². The summed E-state index contributed by atoms with van der Waals surface area (Å²) in [6, 6.07) is 7.92. The van der Waals surface area contributed by atoms with Gasteiger partial charge in [-0.05, 0) is 56.4 Å². The molecule has 2 aliphatic heterocycles. The van der Waals surface area contributed by atoms with Gasteiger partial charge in [0, 0.05) is 50.0 Å². The van der Waals surface area contributed by atoms with E-state index in [1.165, 1.54) is 24.2 Å². The molecule has 0 saturated carbocycles. The predicted molar refractivity (Wildman–Crippen MR) is 137 cm³/mol. The fourth-order valence-electron chi connectivity index (χ4n) is 4.86. The number of piperazine rings is 1. The molecule has 0 unspecified atom stereocenters. The van der Waals surface area contributed by atoms with Crippen LogP contribution in [0.3, 0.4) is 0 Å². The van der Waals surface area contributed by atoms with Crippen molar-refractivity contribution in [3.8, 4) is 0 Å². The summed E-state index contributed by atoms with van der Waals surface area (Å²) >= 11 is 7.68. The molecule has 3 aromatic rings. The van der Waals surface area contributed by atoms with Crippen molar-refractivity contribution in [2.75, 3.05) is 49.1 Å². The van der Waals surface area contributed by atoms with Gasteiger partial charge in [0.15, 0.2) is 0 Å². The summed E-state index contributed by atoms with van der Waals surface area (Å²) in [5.41, 5.74) is 2.13. The minimum atomic E-state index is 0.108. The molecule has 6 nitrogen and oxygen atoms in total. The first-order valence-corrected chi connectivity index (χ1v) is 12.9. The van der Waals surface area contributed by atoms with E-state index < -0.39 is 0 Å². The number of aryl methyl sites for hydroxylation is 2. The molecule has 0 N–H and O–H groups in total. The number of amides is 1. The SMILES string of the molecule is Cc1nc(N2CCC(C)CC2)c2c(C)c(C(=O)N3CCN(c4cccc(Cl)c4)CC3)sc2n1. The summed E-state index contributed by atoms with van der Waals surface area (Å²) in [5.74, 6) is 2.64. The number of thiophene rings is 1. The molecule has 4 heterocycles. The molecule has 174 valence electrons. The average Bonchev–Trinajstić information content (AvgIpc) is 3.14. The van der Waals surface area contributed by atoms with E-state index in [0.29, 0.717) is 13.1 Å². The van der Waals surface area contributed by atoms with Crippen LogP contribution in [-0.4, -0.2) is 60.0 Å². The molecular weight excluding hydrogens is 454 g/mol. The van der Waals surface area contributed by atoms with E-state index >= 15 is 0 Å². The number of aromatic nitrogens is 2. The molecule has 0 aliphatic carbocycles. The number of piperidine rings is 1. The molecular formula is C25H30ClN5OS. The summed E-state index contributed by atoms with van der Waals surface area (Å²) in [7, 11) is 0. The molecule has 8 heteroatoms. The highest BCUT2D eigenvalue weighted by atomic mass is 35.5. The lowest BCUT2D eigenvalue weighted by Gasteiger charge is -2.36. The van der Waals surface area contributed by atoms with E-state index in [4.69, 9.17) is 21.6 Å². The van der Waals surface area contributed by atoms with Crippen molar-refractivity contribution in [2.45, 2.75) is 33.6 Å². The van der Waals surface area contributed by atoms with E-state index in [9.17, 15) is 4.79 Å². The summed E-state index contributed by atoms with van der Waals surface area (Å²) < 4.78 is 0. The largest absolute Gasteiger partial charge is 0.368 e. The molecule has 2 saturated heterocycles. The zero-order chi connectivity index (χ0) is 23.1. The molecule has 5 rings (SSSR count). The topological polar surface area (TPSA) is 52.6 Å². The Morgan fingerprint density at radius 3 is 2.45 bits per heavy atom. The van der Waals surface area contributed by atoms with Crippen LogP contribution in [0.5, 0.6) is 0 Å². The van der Waals surface area contributed by atoms with Crippen LogP contribution in [0.1, 0.15) is 40.8 Å². The van der Waals surface area contributed by atoms with Crippen LogP contribution in [0.4, 0.5) is 11.5 Å². The molecule has 0 spiro atoms. The maximum absolute atomic E-state index is 13.5. The minimum Gasteiger partial charge on any atom is -0.368 e. The zero-order valence-corrected chi connectivity index (χ0v) is 21.0. The third-order valence-electron chi connectivity index (χ3n) is 6.90. The second-order valence-corrected chi connectivity index (χ2v) is 10.7. The average molecular weight is 484 g/mol. The standard InChI is InChI=1S/C25H30ClN5OS/c1-16-7-9-30(10-8-16)23-21-17(2)22(33-24(21)28-18(3)27-23)25(32)31-13-11-29(12-14-31)20-6-4-5-19(26)15-20/h4-6,15-16H,7-14H2,1-3H3. The molecule has 0 radical (unpaired) electrons. The highest BCUT2D eigenvalue weighted by Crippen LogP contribution is 2.37. The van der Waals surface area contributed by atoms with Crippen molar-refractivity contribution < 1.29 is 4.79 Å². The van der Waals surface area contributed by atoms with Gasteiger partial charge < -0.3 is 14.7 Å². The monoisotopic (exact) mass is 483 g/mol. The molecule has 0 bridgehead atoms. The number of hydrogen-bond donors (Lipinski definition) is 0. The Morgan fingerprint density at radius 1 is 1.03 bits per heavy atom. The van der Waals surface area contributed by atoms with Crippen molar-refractivity contribution in [1.82, 2.24) is 14.9 Å². The Kier molecular flexibility index (Phi) is 6.18. The van der Waals surface area contributed by atoms with Gasteiger partial charge in [-0.2, -0.15) is 0 Å². The lowest BCUT2D eigenvalue weighted by atomic mass is 9.99. The van der Waals surface area contributed by atoms with Crippen LogP contribution >= 0.6 is 22.9 Å². The van der Waals surface area contributed by atoms with E-state index in [-0.39, 0.29) is 5.91 Å². The highest BCUT2D eigenvalue weighted by Gasteiger charge is 2.28. The predicted octanol–water partition coefficient (Wildman–Crippen LogP) is 5.16. The quantitative estimate of drug-likeness (QED) is 0.515. The zero-order valence-electron chi connectivity index (χ0n) is 19.5. The molecule has 1 amide bonds. The second-order valence-electron chi connectivity index (χ2n) is 9.26. The molecule has 2 fully saturated rings. The number of nitrogens with zero attached hydrogens (tertiary/aromatic N) is 5. The maximum atomic E-state index is 13.5. The number of carbonyl (C=O) groups excluding carboxylic acids is 1. The number of halogens is 1. The van der Waals surface area contributed by atoms with Gasteiger partial charge in [0.25, 0.3) is 5.91 Å². The Morgan fingerprint density at radius 2 is 1.76 bits per heavy atom. The molecule has 33 heavy (non-hydrogen) atoms. The van der Waals surface area contributed by atoms with Crippen LogP contribution in [0.2, 0.25) is 5.02 Å². The van der Waals surface area contributed by atoms with Gasteiger partial charge in [-0.15, -0.1) is 11.3 Å². The summed E-state index contributed by atoms with van der Waals surface area (Å²) in [6.45, 7) is 11.3. The first kappa shape index (κ1) is 22.4. The number of anilines is 2. The van der Waals surface area contributed by atoms with Crippen molar-refractivity contribution in [1.29, 1.82) is 0 Å². The Labute approximate surface area is 204 Å². The Bertz CT molecular complexity index is 1180. The number of rotatable bonds is 3. The summed E-state index contributed by atoms with van der Waals surface area (Å²) in [6.07, 6.45) is 2.35. The van der Waals surface area contributed by atoms with E-state index in [2.05, 4.69) is 29.7 Å². The number of fused-ring (bicyclic) bond motifs is 1. The fourth-order valence-corrected chi connectivity index (χ4v) is 6.23. The molecule has 1 aromatic carbocycles. The summed E-state index contributed by atoms with van der Waals surface area (Å²) in [5, 5.41) is 1.79. The third-order valence-corrected chi connectivity index (χ3v) is 8.31. The minimum absolute atomic E-state index is 0.108. The van der Waals surface area contributed by atoms with Gasteiger partial charge in [0.05, 0.1) is 10.3 Å². The van der Waals surface area contributed by atoms with Gasteiger partial charge in [-0.3, -0.25) is 4.79 Å². The Balaban J connectivity index is 1.38. The second kappa shape index (κ2) is 9.11. The van der Waals surface area contributed by atoms with Gasteiger partial charge in [0.2, 0.25) is 0 Å². The van der Waals surface area contributed by atoms with Gasteiger partial charge >= 0.3 is 0 Å². The van der Waals surface area contributed by atoms with Gasteiger partial charge in [0.1, 0.15) is 16.5 Å². The van der Waals surface area contributed by atoms with Crippen molar-refractivity contribution in [3.63, 3.8) is 0 Å². The molecule has 2 aliphatic rings. The van der Waals surface area contributed by atoms with E-state index in [1.54, 1.807) is 0 Å². The Hall–Kier alpha value is -2.38. The molecule has 0 atom stereocenters. The number of carbonyl (C=O) groups is 1. The van der Waals surface area contributed by atoms with Crippen LogP contribution in [0, 0.1) is 19.8 Å².